The molecule has 1 saturated heterocycles. The van der Waals surface area contributed by atoms with Crippen LogP contribution in [0.25, 0.3) is 0 Å². The van der Waals surface area contributed by atoms with Gasteiger partial charge < -0.3 is 15.3 Å². The molecule has 104 valence electrons. The predicted octanol–water partition coefficient (Wildman–Crippen LogP) is 1.59. The van der Waals surface area contributed by atoms with E-state index >= 15 is 0 Å². The fourth-order valence-electron chi connectivity index (χ4n) is 2.53. The summed E-state index contributed by atoms with van der Waals surface area (Å²) in [6.07, 6.45) is -0.101. The Balaban J connectivity index is 2.42. The van der Waals surface area contributed by atoms with Gasteiger partial charge in [0, 0.05) is 24.3 Å². The summed E-state index contributed by atoms with van der Waals surface area (Å²) in [6, 6.07) is 4.06. The van der Waals surface area contributed by atoms with Gasteiger partial charge in [-0.05, 0) is 31.5 Å². The molecule has 5 heteroatoms. The third kappa shape index (κ3) is 2.71. The van der Waals surface area contributed by atoms with E-state index in [-0.39, 0.29) is 17.8 Å². The summed E-state index contributed by atoms with van der Waals surface area (Å²) in [5.41, 5.74) is 1.26. The molecule has 1 aromatic carbocycles. The Bertz CT molecular complexity index is 477. The molecule has 1 aliphatic heterocycles. The van der Waals surface area contributed by atoms with Crippen LogP contribution in [-0.4, -0.2) is 30.1 Å². The molecule has 4 nitrogen and oxygen atoms in total. The first-order valence-electron chi connectivity index (χ1n) is 6.56. The maximum atomic E-state index is 13.3. The Labute approximate surface area is 112 Å². The number of benzene rings is 1. The average Bonchev–Trinajstić information content (AvgIpc) is 2.38. The van der Waals surface area contributed by atoms with Crippen LogP contribution in [0.5, 0.6) is 0 Å². The third-order valence-corrected chi connectivity index (χ3v) is 3.47. The normalized spacial score (nSPS) is 21.2. The molecule has 0 aromatic heterocycles. The highest BCUT2D eigenvalue weighted by molar-refractivity contribution is 5.86. The molecule has 0 spiro atoms. The SMILES string of the molecule is CCC1C(=O)NCCN1c1ccc(F)cc1[C@H](C)O. The second kappa shape index (κ2) is 5.57. The minimum absolute atomic E-state index is 0.0189. The number of aliphatic hydroxyl groups excluding tert-OH is 1. The van der Waals surface area contributed by atoms with Crippen LogP contribution < -0.4 is 10.2 Å². The van der Waals surface area contributed by atoms with E-state index in [0.717, 1.165) is 5.69 Å². The topological polar surface area (TPSA) is 52.6 Å². The van der Waals surface area contributed by atoms with Gasteiger partial charge in [-0.1, -0.05) is 6.92 Å². The molecule has 1 aromatic rings. The van der Waals surface area contributed by atoms with Gasteiger partial charge in [0.15, 0.2) is 0 Å². The number of carbonyl (C=O) groups excluding carboxylic acids is 1. The van der Waals surface area contributed by atoms with Crippen molar-refractivity contribution in [2.24, 2.45) is 0 Å². The quantitative estimate of drug-likeness (QED) is 0.873. The summed E-state index contributed by atoms with van der Waals surface area (Å²) < 4.78 is 13.3. The van der Waals surface area contributed by atoms with Gasteiger partial charge in [0.2, 0.25) is 5.91 Å². The highest BCUT2D eigenvalue weighted by atomic mass is 19.1. The van der Waals surface area contributed by atoms with Crippen LogP contribution in [0.1, 0.15) is 31.9 Å². The van der Waals surface area contributed by atoms with Crippen molar-refractivity contribution in [3.63, 3.8) is 0 Å². The van der Waals surface area contributed by atoms with Crippen molar-refractivity contribution in [1.82, 2.24) is 5.32 Å². The molecular weight excluding hydrogens is 247 g/mol. The molecule has 2 atom stereocenters. The van der Waals surface area contributed by atoms with Gasteiger partial charge in [-0.15, -0.1) is 0 Å². The third-order valence-electron chi connectivity index (χ3n) is 3.47. The average molecular weight is 266 g/mol. The maximum Gasteiger partial charge on any atom is 0.242 e. The molecule has 0 saturated carbocycles. The lowest BCUT2D eigenvalue weighted by atomic mass is 10.0. The number of piperazine rings is 1. The number of hydrogen-bond acceptors (Lipinski definition) is 3. The second-order valence-electron chi connectivity index (χ2n) is 4.79. The highest BCUT2D eigenvalue weighted by Gasteiger charge is 2.30. The molecule has 19 heavy (non-hydrogen) atoms. The summed E-state index contributed by atoms with van der Waals surface area (Å²) in [7, 11) is 0. The van der Waals surface area contributed by atoms with Crippen molar-refractivity contribution < 1.29 is 14.3 Å². The first kappa shape index (κ1) is 13.8. The van der Waals surface area contributed by atoms with Crippen LogP contribution in [0.4, 0.5) is 10.1 Å². The number of hydrogen-bond donors (Lipinski definition) is 2. The monoisotopic (exact) mass is 266 g/mol. The molecule has 1 fully saturated rings. The Morgan fingerprint density at radius 1 is 1.58 bits per heavy atom. The van der Waals surface area contributed by atoms with Crippen LogP contribution >= 0.6 is 0 Å². The number of nitrogens with one attached hydrogen (secondary N) is 1. The maximum absolute atomic E-state index is 13.3. The Kier molecular flexibility index (Phi) is 4.04. The fourth-order valence-corrected chi connectivity index (χ4v) is 2.53. The number of aliphatic hydroxyl groups is 1. The summed E-state index contributed by atoms with van der Waals surface area (Å²) in [4.78, 5) is 13.8. The van der Waals surface area contributed by atoms with Crippen LogP contribution in [-0.2, 0) is 4.79 Å². The zero-order valence-electron chi connectivity index (χ0n) is 11.2. The van der Waals surface area contributed by atoms with Crippen molar-refractivity contribution in [1.29, 1.82) is 0 Å². The Morgan fingerprint density at radius 3 is 2.95 bits per heavy atom. The number of amides is 1. The van der Waals surface area contributed by atoms with E-state index in [2.05, 4.69) is 5.32 Å². The first-order valence-corrected chi connectivity index (χ1v) is 6.56. The predicted molar refractivity (Wildman–Crippen MR) is 71.5 cm³/mol. The van der Waals surface area contributed by atoms with Crippen molar-refractivity contribution in [3.8, 4) is 0 Å². The molecule has 0 aliphatic carbocycles. The van der Waals surface area contributed by atoms with Crippen LogP contribution in [0.15, 0.2) is 18.2 Å². The van der Waals surface area contributed by atoms with Crippen molar-refractivity contribution in [3.05, 3.63) is 29.6 Å². The van der Waals surface area contributed by atoms with E-state index in [1.807, 2.05) is 11.8 Å². The molecule has 1 amide bonds. The van der Waals surface area contributed by atoms with Gasteiger partial charge in [-0.2, -0.15) is 0 Å². The lowest BCUT2D eigenvalue weighted by Crippen LogP contribution is -2.55. The van der Waals surface area contributed by atoms with Gasteiger partial charge in [-0.25, -0.2) is 4.39 Å². The molecule has 2 rings (SSSR count). The first-order chi connectivity index (χ1) is 9.04. The number of rotatable bonds is 3. The molecule has 2 N–H and O–H groups in total. The smallest absolute Gasteiger partial charge is 0.242 e. The second-order valence-corrected chi connectivity index (χ2v) is 4.79. The number of anilines is 1. The zero-order valence-corrected chi connectivity index (χ0v) is 11.2. The lowest BCUT2D eigenvalue weighted by molar-refractivity contribution is -0.123. The number of halogens is 1. The number of carbonyl (C=O) groups is 1. The van der Waals surface area contributed by atoms with Gasteiger partial charge in [0.05, 0.1) is 6.10 Å². The Hall–Kier alpha value is -1.62. The fraction of sp³-hybridized carbons (Fsp3) is 0.500. The molecule has 1 heterocycles. The summed E-state index contributed by atoms with van der Waals surface area (Å²) in [5, 5.41) is 12.6. The largest absolute Gasteiger partial charge is 0.389 e. The van der Waals surface area contributed by atoms with E-state index in [9.17, 15) is 14.3 Å². The van der Waals surface area contributed by atoms with Crippen molar-refractivity contribution in [2.45, 2.75) is 32.4 Å². The van der Waals surface area contributed by atoms with E-state index in [0.29, 0.717) is 25.1 Å². The van der Waals surface area contributed by atoms with Gasteiger partial charge in [0.1, 0.15) is 11.9 Å². The van der Waals surface area contributed by atoms with Gasteiger partial charge in [0.25, 0.3) is 0 Å². The van der Waals surface area contributed by atoms with E-state index in [1.54, 1.807) is 13.0 Å². The van der Waals surface area contributed by atoms with E-state index in [1.165, 1.54) is 12.1 Å². The molecule has 1 unspecified atom stereocenters. The lowest BCUT2D eigenvalue weighted by Gasteiger charge is -2.37. The standard InChI is InChI=1S/C14H19FN2O2/c1-3-12-14(19)16-6-7-17(12)13-5-4-10(15)8-11(13)9(2)18/h4-5,8-9,12,18H,3,6-7H2,1-2H3,(H,16,19)/t9-,12?/m0/s1. The minimum atomic E-state index is -0.770. The molecular formula is C14H19FN2O2. The summed E-state index contributed by atoms with van der Waals surface area (Å²) >= 11 is 0. The van der Waals surface area contributed by atoms with Crippen molar-refractivity contribution in [2.75, 3.05) is 18.0 Å². The van der Waals surface area contributed by atoms with Gasteiger partial charge in [-0.3, -0.25) is 4.79 Å². The minimum Gasteiger partial charge on any atom is -0.389 e. The zero-order chi connectivity index (χ0) is 14.0. The molecule has 1 aliphatic rings. The van der Waals surface area contributed by atoms with Gasteiger partial charge >= 0.3 is 0 Å². The number of nitrogens with zero attached hydrogens (tertiary/aromatic N) is 1. The van der Waals surface area contributed by atoms with E-state index < -0.39 is 6.10 Å². The van der Waals surface area contributed by atoms with Crippen LogP contribution in [0.2, 0.25) is 0 Å². The van der Waals surface area contributed by atoms with Crippen LogP contribution in [0, 0.1) is 5.82 Å². The van der Waals surface area contributed by atoms with Crippen LogP contribution in [0.3, 0.4) is 0 Å². The van der Waals surface area contributed by atoms with Crippen molar-refractivity contribution >= 4 is 11.6 Å². The summed E-state index contributed by atoms with van der Waals surface area (Å²) in [5.74, 6) is -0.399. The Morgan fingerprint density at radius 2 is 2.32 bits per heavy atom. The summed E-state index contributed by atoms with van der Waals surface area (Å²) in [6.45, 7) is 4.76. The molecule has 0 radical (unpaired) electrons. The molecule has 0 bridgehead atoms. The van der Waals surface area contributed by atoms with E-state index in [4.69, 9.17) is 0 Å². The highest BCUT2D eigenvalue weighted by Crippen LogP contribution is 2.30.